The van der Waals surface area contributed by atoms with Crippen LogP contribution in [0.5, 0.6) is 0 Å². The van der Waals surface area contributed by atoms with E-state index in [1.165, 1.54) is 0 Å². The smallest absolute Gasteiger partial charge is 0.191 e. The third-order valence-corrected chi connectivity index (χ3v) is 5.18. The first-order valence-electron chi connectivity index (χ1n) is 10.5. The molecule has 0 aliphatic carbocycles. The fourth-order valence-electron chi connectivity index (χ4n) is 3.70. The number of anilines is 1. The summed E-state index contributed by atoms with van der Waals surface area (Å²) in [4.78, 5) is 11.1. The molecule has 30 heavy (non-hydrogen) atoms. The summed E-state index contributed by atoms with van der Waals surface area (Å²) >= 11 is 0. The number of halogens is 2. The largest absolute Gasteiger partial charge is 0.370 e. The number of nitrogens with one attached hydrogen (secondary N) is 2. The van der Waals surface area contributed by atoms with E-state index in [9.17, 15) is 4.39 Å². The van der Waals surface area contributed by atoms with E-state index in [4.69, 9.17) is 0 Å². The van der Waals surface area contributed by atoms with E-state index < -0.39 is 0 Å². The van der Waals surface area contributed by atoms with Crippen molar-refractivity contribution in [2.45, 2.75) is 59.7 Å². The lowest BCUT2D eigenvalue weighted by molar-refractivity contribution is 0.392. The van der Waals surface area contributed by atoms with Gasteiger partial charge in [-0.15, -0.1) is 24.0 Å². The van der Waals surface area contributed by atoms with Crippen molar-refractivity contribution in [2.24, 2.45) is 4.99 Å². The molecule has 7 nitrogen and oxygen atoms in total. The molecule has 1 atom stereocenters. The van der Waals surface area contributed by atoms with E-state index in [0.717, 1.165) is 62.2 Å². The van der Waals surface area contributed by atoms with E-state index in [0.29, 0.717) is 12.2 Å². The van der Waals surface area contributed by atoms with Crippen LogP contribution in [0, 0.1) is 12.7 Å². The Morgan fingerprint density at radius 1 is 1.30 bits per heavy atom. The van der Waals surface area contributed by atoms with Crippen molar-refractivity contribution < 1.29 is 4.39 Å². The molecule has 1 aromatic heterocycles. The summed E-state index contributed by atoms with van der Waals surface area (Å²) in [5.74, 6) is 2.41. The average Bonchev–Trinajstić information content (AvgIpc) is 3.08. The highest BCUT2D eigenvalue weighted by molar-refractivity contribution is 14.0. The molecule has 0 fully saturated rings. The van der Waals surface area contributed by atoms with Crippen LogP contribution in [0.3, 0.4) is 0 Å². The van der Waals surface area contributed by atoms with Crippen LogP contribution in [0.25, 0.3) is 0 Å². The standard InChI is InChI=1S/C21H32FN7.HI/c1-5-23-21(26-17-9-11-20-25-15(4)27-29(20)14-17)24-13-16-8-10-19(18(22)12-16)28(6-2)7-3;/h8,10,12,17H,5-7,9,11,13-14H2,1-4H3,(H2,23,24,26);1H. The van der Waals surface area contributed by atoms with Gasteiger partial charge in [0.05, 0.1) is 18.8 Å². The van der Waals surface area contributed by atoms with Crippen LogP contribution in [-0.4, -0.2) is 46.4 Å². The summed E-state index contributed by atoms with van der Waals surface area (Å²) in [6.45, 7) is 11.6. The van der Waals surface area contributed by atoms with Crippen molar-refractivity contribution in [1.29, 1.82) is 0 Å². The van der Waals surface area contributed by atoms with Gasteiger partial charge in [0.2, 0.25) is 0 Å². The molecule has 9 heteroatoms. The van der Waals surface area contributed by atoms with Gasteiger partial charge in [0.15, 0.2) is 5.96 Å². The molecule has 1 unspecified atom stereocenters. The topological polar surface area (TPSA) is 70.4 Å². The zero-order chi connectivity index (χ0) is 20.8. The second kappa shape index (κ2) is 11.5. The number of fused-ring (bicyclic) bond motifs is 1. The molecule has 0 saturated carbocycles. The monoisotopic (exact) mass is 529 g/mol. The number of guanidine groups is 1. The Labute approximate surface area is 195 Å². The van der Waals surface area contributed by atoms with Crippen molar-refractivity contribution in [3.05, 3.63) is 41.2 Å². The number of aromatic nitrogens is 3. The molecule has 1 aliphatic rings. The summed E-state index contributed by atoms with van der Waals surface area (Å²) in [5.41, 5.74) is 1.50. The Balaban J connectivity index is 0.00000320. The second-order valence-corrected chi connectivity index (χ2v) is 7.29. The summed E-state index contributed by atoms with van der Waals surface area (Å²) in [5, 5.41) is 11.2. The summed E-state index contributed by atoms with van der Waals surface area (Å²) in [6.07, 6.45) is 1.88. The van der Waals surface area contributed by atoms with Gasteiger partial charge in [0.25, 0.3) is 0 Å². The van der Waals surface area contributed by atoms with Crippen LogP contribution in [0.4, 0.5) is 10.1 Å². The molecule has 0 saturated heterocycles. The van der Waals surface area contributed by atoms with Crippen LogP contribution in [-0.2, 0) is 19.5 Å². The van der Waals surface area contributed by atoms with Crippen LogP contribution in [0.15, 0.2) is 23.2 Å². The number of benzene rings is 1. The van der Waals surface area contributed by atoms with Gasteiger partial charge >= 0.3 is 0 Å². The summed E-state index contributed by atoms with van der Waals surface area (Å²) in [7, 11) is 0. The number of aliphatic imine (C=N–C) groups is 1. The normalized spacial score (nSPS) is 15.9. The summed E-state index contributed by atoms with van der Waals surface area (Å²) in [6, 6.07) is 5.63. The Hall–Kier alpha value is -1.91. The fraction of sp³-hybridized carbons (Fsp3) is 0.571. The molecule has 2 N–H and O–H groups in total. The predicted octanol–water partition coefficient (Wildman–Crippen LogP) is 3.26. The first kappa shape index (κ1) is 24.4. The van der Waals surface area contributed by atoms with E-state index in [-0.39, 0.29) is 35.8 Å². The number of hydrogen-bond acceptors (Lipinski definition) is 4. The van der Waals surface area contributed by atoms with E-state index >= 15 is 0 Å². The number of aryl methyl sites for hydroxylation is 2. The lowest BCUT2D eigenvalue weighted by Gasteiger charge is -2.25. The van der Waals surface area contributed by atoms with E-state index in [1.807, 2.05) is 49.4 Å². The average molecular weight is 529 g/mol. The maximum Gasteiger partial charge on any atom is 0.191 e. The maximum atomic E-state index is 14.5. The third kappa shape index (κ3) is 6.05. The van der Waals surface area contributed by atoms with Gasteiger partial charge in [0.1, 0.15) is 17.5 Å². The molecule has 3 rings (SSSR count). The Morgan fingerprint density at radius 2 is 2.07 bits per heavy atom. The third-order valence-electron chi connectivity index (χ3n) is 5.18. The lowest BCUT2D eigenvalue weighted by atomic mass is 10.1. The highest BCUT2D eigenvalue weighted by atomic mass is 127. The van der Waals surface area contributed by atoms with Crippen LogP contribution < -0.4 is 15.5 Å². The molecule has 0 radical (unpaired) electrons. The van der Waals surface area contributed by atoms with Crippen LogP contribution in [0.2, 0.25) is 0 Å². The van der Waals surface area contributed by atoms with Crippen LogP contribution in [0.1, 0.15) is 44.4 Å². The van der Waals surface area contributed by atoms with Crippen molar-refractivity contribution in [1.82, 2.24) is 25.4 Å². The van der Waals surface area contributed by atoms with Crippen molar-refractivity contribution in [3.8, 4) is 0 Å². The molecular formula is C21H33FIN7. The Morgan fingerprint density at radius 3 is 2.73 bits per heavy atom. The first-order valence-corrected chi connectivity index (χ1v) is 10.5. The molecule has 0 bridgehead atoms. The minimum atomic E-state index is -0.194. The Kier molecular flexibility index (Phi) is 9.32. The Bertz CT molecular complexity index is 848. The van der Waals surface area contributed by atoms with Gasteiger partial charge in [-0.25, -0.2) is 19.0 Å². The van der Waals surface area contributed by atoms with E-state index in [1.54, 1.807) is 6.07 Å². The maximum absolute atomic E-state index is 14.5. The zero-order valence-electron chi connectivity index (χ0n) is 18.3. The summed E-state index contributed by atoms with van der Waals surface area (Å²) < 4.78 is 16.5. The van der Waals surface area contributed by atoms with Crippen molar-refractivity contribution >= 4 is 35.6 Å². The van der Waals surface area contributed by atoms with Gasteiger partial charge in [-0.3, -0.25) is 0 Å². The molecule has 166 valence electrons. The number of hydrogen-bond donors (Lipinski definition) is 2. The lowest BCUT2D eigenvalue weighted by Crippen LogP contribution is -2.47. The van der Waals surface area contributed by atoms with Crippen molar-refractivity contribution in [2.75, 3.05) is 24.5 Å². The second-order valence-electron chi connectivity index (χ2n) is 7.29. The highest BCUT2D eigenvalue weighted by Crippen LogP contribution is 2.21. The highest BCUT2D eigenvalue weighted by Gasteiger charge is 2.21. The van der Waals surface area contributed by atoms with Gasteiger partial charge in [-0.2, -0.15) is 5.10 Å². The van der Waals surface area contributed by atoms with Gasteiger partial charge < -0.3 is 15.5 Å². The molecule has 2 aromatic rings. The molecule has 1 aromatic carbocycles. The van der Waals surface area contributed by atoms with Gasteiger partial charge in [0, 0.05) is 32.1 Å². The quantitative estimate of drug-likeness (QED) is 0.328. The fourth-order valence-corrected chi connectivity index (χ4v) is 3.70. The van der Waals surface area contributed by atoms with Gasteiger partial charge in [-0.1, -0.05) is 6.07 Å². The molecular weight excluding hydrogens is 496 g/mol. The minimum absolute atomic E-state index is 0. The number of nitrogens with zero attached hydrogens (tertiary/aromatic N) is 5. The molecule has 0 amide bonds. The number of rotatable bonds is 7. The van der Waals surface area contributed by atoms with Crippen LogP contribution >= 0.6 is 24.0 Å². The predicted molar refractivity (Wildman–Crippen MR) is 130 cm³/mol. The molecule has 1 aliphatic heterocycles. The molecule has 2 heterocycles. The van der Waals surface area contributed by atoms with Gasteiger partial charge in [-0.05, 0) is 51.8 Å². The SMILES string of the molecule is CCNC(=NCc1ccc(N(CC)CC)c(F)c1)NC1CCc2nc(C)nn2C1.I. The van der Waals surface area contributed by atoms with E-state index in [2.05, 4.69) is 25.7 Å². The minimum Gasteiger partial charge on any atom is -0.370 e. The zero-order valence-corrected chi connectivity index (χ0v) is 20.6. The first-order chi connectivity index (χ1) is 14.0. The molecule has 0 spiro atoms. The van der Waals surface area contributed by atoms with Crippen molar-refractivity contribution in [3.63, 3.8) is 0 Å².